The first-order chi connectivity index (χ1) is 12.2. The predicted molar refractivity (Wildman–Crippen MR) is 91.9 cm³/mol. The van der Waals surface area contributed by atoms with Crippen molar-refractivity contribution in [3.05, 3.63) is 23.8 Å². The van der Waals surface area contributed by atoms with Crippen LogP contribution in [-0.4, -0.2) is 44.8 Å². The topological polar surface area (TPSA) is 81.1 Å². The molecule has 1 fully saturated rings. The molecule has 0 aliphatic carbocycles. The van der Waals surface area contributed by atoms with Crippen molar-refractivity contribution >= 4 is 11.9 Å². The molecule has 136 valence electrons. The third kappa shape index (κ3) is 4.42. The highest BCUT2D eigenvalue weighted by atomic mass is 16.6. The maximum Gasteiger partial charge on any atom is 0.321 e. The lowest BCUT2D eigenvalue weighted by Gasteiger charge is -2.23. The van der Waals surface area contributed by atoms with E-state index < -0.39 is 6.03 Å². The summed E-state index contributed by atoms with van der Waals surface area (Å²) in [6.45, 7) is 4.88. The first kappa shape index (κ1) is 17.5. The summed E-state index contributed by atoms with van der Waals surface area (Å²) >= 11 is 0. The lowest BCUT2D eigenvalue weighted by atomic mass is 10.0. The van der Waals surface area contributed by atoms with Gasteiger partial charge in [-0.2, -0.15) is 0 Å². The second kappa shape index (κ2) is 8.20. The number of amides is 3. The third-order valence-corrected chi connectivity index (χ3v) is 4.63. The fraction of sp³-hybridized carbons (Fsp3) is 0.556. The van der Waals surface area contributed by atoms with Crippen molar-refractivity contribution in [3.63, 3.8) is 0 Å². The smallest absolute Gasteiger partial charge is 0.321 e. The SMILES string of the molecule is CCCNC(=O)NC(=O)C[NH+]1CCC[C@@H]1c1ccc2c(c1)OCCO2. The Kier molecular flexibility index (Phi) is 5.75. The van der Waals surface area contributed by atoms with Gasteiger partial charge in [0.1, 0.15) is 19.3 Å². The molecule has 0 spiro atoms. The van der Waals surface area contributed by atoms with Crippen LogP contribution in [0.15, 0.2) is 18.2 Å². The van der Waals surface area contributed by atoms with E-state index in [1.165, 1.54) is 4.90 Å². The Balaban J connectivity index is 1.60. The predicted octanol–water partition coefficient (Wildman–Crippen LogP) is 0.413. The molecule has 1 unspecified atom stereocenters. The average molecular weight is 348 g/mol. The molecule has 0 saturated carbocycles. The van der Waals surface area contributed by atoms with E-state index in [2.05, 4.69) is 16.7 Å². The number of ether oxygens (including phenoxy) is 2. The van der Waals surface area contributed by atoms with Gasteiger partial charge in [0.15, 0.2) is 18.0 Å². The Morgan fingerprint density at radius 1 is 1.24 bits per heavy atom. The van der Waals surface area contributed by atoms with Crippen LogP contribution < -0.4 is 25.0 Å². The summed E-state index contributed by atoms with van der Waals surface area (Å²) in [6.07, 6.45) is 2.92. The Morgan fingerprint density at radius 3 is 2.84 bits per heavy atom. The molecule has 3 N–H and O–H groups in total. The van der Waals surface area contributed by atoms with Crippen molar-refractivity contribution < 1.29 is 24.0 Å². The maximum absolute atomic E-state index is 12.1. The second-order valence-electron chi connectivity index (χ2n) is 6.49. The van der Waals surface area contributed by atoms with Crippen LogP contribution in [0.25, 0.3) is 0 Å². The number of carbonyl (C=O) groups excluding carboxylic acids is 2. The monoisotopic (exact) mass is 348 g/mol. The molecule has 7 nitrogen and oxygen atoms in total. The average Bonchev–Trinajstić information content (AvgIpc) is 3.07. The van der Waals surface area contributed by atoms with Crippen molar-refractivity contribution in [2.45, 2.75) is 32.2 Å². The zero-order chi connectivity index (χ0) is 17.6. The lowest BCUT2D eigenvalue weighted by Crippen LogP contribution is -3.11. The number of nitrogens with one attached hydrogen (secondary N) is 3. The van der Waals surface area contributed by atoms with Crippen molar-refractivity contribution in [1.29, 1.82) is 0 Å². The van der Waals surface area contributed by atoms with Gasteiger partial charge in [-0.25, -0.2) is 4.79 Å². The second-order valence-corrected chi connectivity index (χ2v) is 6.49. The van der Waals surface area contributed by atoms with Crippen molar-refractivity contribution in [3.8, 4) is 11.5 Å². The van der Waals surface area contributed by atoms with E-state index in [0.29, 0.717) is 26.3 Å². The van der Waals surface area contributed by atoms with Crippen LogP contribution >= 0.6 is 0 Å². The summed E-state index contributed by atoms with van der Waals surface area (Å²) < 4.78 is 11.2. The summed E-state index contributed by atoms with van der Waals surface area (Å²) in [5.41, 5.74) is 1.15. The summed E-state index contributed by atoms with van der Waals surface area (Å²) in [4.78, 5) is 24.9. The summed E-state index contributed by atoms with van der Waals surface area (Å²) in [5.74, 6) is 1.31. The normalized spacial score (nSPS) is 21.6. The van der Waals surface area contributed by atoms with Gasteiger partial charge in [0.05, 0.1) is 6.54 Å². The van der Waals surface area contributed by atoms with E-state index in [1.807, 2.05) is 19.1 Å². The number of carbonyl (C=O) groups is 2. The Bertz CT molecular complexity index is 635. The molecule has 3 rings (SSSR count). The zero-order valence-electron chi connectivity index (χ0n) is 14.6. The third-order valence-electron chi connectivity index (χ3n) is 4.63. The van der Waals surface area contributed by atoms with Crippen LogP contribution in [0.5, 0.6) is 11.5 Å². The molecular weight excluding hydrogens is 322 g/mol. The number of quaternary nitrogens is 1. The fourth-order valence-electron chi connectivity index (χ4n) is 3.46. The van der Waals surface area contributed by atoms with E-state index in [0.717, 1.165) is 42.9 Å². The number of urea groups is 1. The van der Waals surface area contributed by atoms with Crippen LogP contribution in [-0.2, 0) is 4.79 Å². The Labute approximate surface area is 147 Å². The largest absolute Gasteiger partial charge is 0.486 e. The lowest BCUT2D eigenvalue weighted by molar-refractivity contribution is -0.910. The fourth-order valence-corrected chi connectivity index (χ4v) is 3.46. The van der Waals surface area contributed by atoms with E-state index >= 15 is 0 Å². The summed E-state index contributed by atoms with van der Waals surface area (Å²) in [6, 6.07) is 5.84. The van der Waals surface area contributed by atoms with Crippen molar-refractivity contribution in [2.24, 2.45) is 0 Å². The molecule has 0 aromatic heterocycles. The molecule has 1 saturated heterocycles. The van der Waals surface area contributed by atoms with Crippen LogP contribution in [0.4, 0.5) is 4.79 Å². The van der Waals surface area contributed by atoms with Gasteiger partial charge in [-0.3, -0.25) is 10.1 Å². The van der Waals surface area contributed by atoms with Gasteiger partial charge in [-0.1, -0.05) is 6.92 Å². The molecule has 0 radical (unpaired) electrons. The van der Waals surface area contributed by atoms with Gasteiger partial charge < -0.3 is 19.7 Å². The number of hydrogen-bond acceptors (Lipinski definition) is 4. The first-order valence-corrected chi connectivity index (χ1v) is 8.99. The van der Waals surface area contributed by atoms with Crippen molar-refractivity contribution in [2.75, 3.05) is 32.8 Å². The Hall–Kier alpha value is -2.28. The number of likely N-dealkylation sites (tertiary alicyclic amines) is 1. The molecule has 0 bridgehead atoms. The minimum atomic E-state index is -0.415. The molecule has 7 heteroatoms. The molecule has 2 heterocycles. The van der Waals surface area contributed by atoms with E-state index in [4.69, 9.17) is 9.47 Å². The van der Waals surface area contributed by atoms with Gasteiger partial charge in [-0.15, -0.1) is 0 Å². The van der Waals surface area contributed by atoms with Crippen LogP contribution in [0, 0.1) is 0 Å². The highest BCUT2D eigenvalue weighted by molar-refractivity contribution is 5.94. The van der Waals surface area contributed by atoms with Gasteiger partial charge in [0.2, 0.25) is 0 Å². The Morgan fingerprint density at radius 2 is 2.04 bits per heavy atom. The van der Waals surface area contributed by atoms with Gasteiger partial charge >= 0.3 is 6.03 Å². The maximum atomic E-state index is 12.1. The van der Waals surface area contributed by atoms with Crippen molar-refractivity contribution in [1.82, 2.24) is 10.6 Å². The minimum absolute atomic E-state index is 0.236. The van der Waals surface area contributed by atoms with Crippen LogP contribution in [0.1, 0.15) is 37.8 Å². The number of fused-ring (bicyclic) bond motifs is 1. The number of imide groups is 1. The van der Waals surface area contributed by atoms with E-state index in [-0.39, 0.29) is 11.9 Å². The van der Waals surface area contributed by atoms with Crippen LogP contribution in [0.2, 0.25) is 0 Å². The zero-order valence-corrected chi connectivity index (χ0v) is 14.6. The number of hydrogen-bond donors (Lipinski definition) is 3. The molecular formula is C18H26N3O4+. The molecule has 1 aromatic carbocycles. The molecule has 2 atom stereocenters. The highest BCUT2D eigenvalue weighted by Crippen LogP contribution is 2.33. The van der Waals surface area contributed by atoms with Gasteiger partial charge in [0, 0.05) is 24.9 Å². The van der Waals surface area contributed by atoms with Crippen LogP contribution in [0.3, 0.4) is 0 Å². The molecule has 1 aromatic rings. The van der Waals surface area contributed by atoms with E-state index in [9.17, 15) is 9.59 Å². The molecule has 25 heavy (non-hydrogen) atoms. The standard InChI is InChI=1S/C18H25N3O4/c1-2-7-19-18(23)20-17(22)12-21-8-3-4-14(21)13-5-6-15-16(11-13)25-10-9-24-15/h5-6,11,14H,2-4,7-10,12H2,1H3,(H2,19,20,22,23)/p+1/t14-/m1/s1. The highest BCUT2D eigenvalue weighted by Gasteiger charge is 2.32. The summed E-state index contributed by atoms with van der Waals surface area (Å²) in [7, 11) is 0. The van der Waals surface area contributed by atoms with Gasteiger partial charge in [0.25, 0.3) is 5.91 Å². The summed E-state index contributed by atoms with van der Waals surface area (Å²) in [5, 5.41) is 5.06. The number of benzene rings is 1. The number of rotatable bonds is 5. The minimum Gasteiger partial charge on any atom is -0.486 e. The molecule has 3 amide bonds. The van der Waals surface area contributed by atoms with Gasteiger partial charge in [-0.05, 0) is 24.6 Å². The first-order valence-electron chi connectivity index (χ1n) is 8.99. The molecule has 2 aliphatic rings. The quantitative estimate of drug-likeness (QED) is 0.720. The van der Waals surface area contributed by atoms with E-state index in [1.54, 1.807) is 0 Å². The molecule has 2 aliphatic heterocycles.